The molecule has 0 aliphatic carbocycles. The number of nitriles is 1. The van der Waals surface area contributed by atoms with Gasteiger partial charge < -0.3 is 0 Å². The Morgan fingerprint density at radius 3 is 2.29 bits per heavy atom. The highest BCUT2D eigenvalue weighted by atomic mass is 79.9. The van der Waals surface area contributed by atoms with E-state index in [9.17, 15) is 17.6 Å². The van der Waals surface area contributed by atoms with Gasteiger partial charge in [0, 0.05) is 4.47 Å². The Labute approximate surface area is 85.1 Å². The van der Waals surface area contributed by atoms with Crippen LogP contribution in [-0.4, -0.2) is 0 Å². The fraction of sp³-hybridized carbons (Fsp3) is 0.125. The molecule has 74 valence electrons. The zero-order chi connectivity index (χ0) is 10.9. The highest BCUT2D eigenvalue weighted by molar-refractivity contribution is 9.10. The monoisotopic (exact) mass is 267 g/mol. The van der Waals surface area contributed by atoms with Crippen LogP contribution >= 0.6 is 15.9 Å². The predicted molar refractivity (Wildman–Crippen MR) is 43.8 cm³/mol. The zero-order valence-corrected chi connectivity index (χ0v) is 8.08. The van der Waals surface area contributed by atoms with Crippen molar-refractivity contribution in [1.82, 2.24) is 0 Å². The molecular formula is C8H2BrF4N. The van der Waals surface area contributed by atoms with E-state index < -0.39 is 17.6 Å². The van der Waals surface area contributed by atoms with E-state index in [1.165, 1.54) is 0 Å². The van der Waals surface area contributed by atoms with E-state index in [-0.39, 0.29) is 10.0 Å². The summed E-state index contributed by atoms with van der Waals surface area (Å²) in [5.41, 5.74) is -1.56. The number of alkyl halides is 3. The van der Waals surface area contributed by atoms with E-state index in [2.05, 4.69) is 15.9 Å². The van der Waals surface area contributed by atoms with Crippen molar-refractivity contribution in [2.24, 2.45) is 0 Å². The van der Waals surface area contributed by atoms with Gasteiger partial charge in [0.05, 0.1) is 11.1 Å². The quantitative estimate of drug-likeness (QED) is 0.661. The van der Waals surface area contributed by atoms with Gasteiger partial charge in [-0.15, -0.1) is 0 Å². The number of nitrogens with zero attached hydrogens (tertiary/aromatic N) is 1. The highest BCUT2D eigenvalue weighted by Crippen LogP contribution is 2.34. The Hall–Kier alpha value is -1.09. The topological polar surface area (TPSA) is 23.8 Å². The summed E-state index contributed by atoms with van der Waals surface area (Å²) >= 11 is 2.74. The second kappa shape index (κ2) is 3.58. The van der Waals surface area contributed by atoms with Gasteiger partial charge in [-0.1, -0.05) is 0 Å². The average molecular weight is 268 g/mol. The Morgan fingerprint density at radius 1 is 1.29 bits per heavy atom. The number of benzene rings is 1. The third-order valence-corrected chi connectivity index (χ3v) is 2.14. The molecule has 0 heterocycles. The van der Waals surface area contributed by atoms with Crippen molar-refractivity contribution >= 4 is 15.9 Å². The van der Waals surface area contributed by atoms with Crippen molar-refractivity contribution in [2.75, 3.05) is 0 Å². The highest BCUT2D eigenvalue weighted by Gasteiger charge is 2.34. The van der Waals surface area contributed by atoms with Gasteiger partial charge in [0.15, 0.2) is 0 Å². The van der Waals surface area contributed by atoms with Crippen LogP contribution in [-0.2, 0) is 6.18 Å². The third-order valence-electron chi connectivity index (χ3n) is 1.48. The molecule has 0 atom stereocenters. The first-order valence-corrected chi connectivity index (χ1v) is 4.12. The molecule has 1 aromatic rings. The number of hydrogen-bond donors (Lipinski definition) is 0. The lowest BCUT2D eigenvalue weighted by molar-refractivity contribution is -0.140. The van der Waals surface area contributed by atoms with E-state index in [0.29, 0.717) is 12.1 Å². The van der Waals surface area contributed by atoms with Gasteiger partial charge in [-0.2, -0.15) is 18.4 Å². The lowest BCUT2D eigenvalue weighted by atomic mass is 10.1. The van der Waals surface area contributed by atoms with Gasteiger partial charge in [-0.25, -0.2) is 4.39 Å². The summed E-state index contributed by atoms with van der Waals surface area (Å²) in [5.74, 6) is -1.45. The molecule has 0 saturated heterocycles. The van der Waals surface area contributed by atoms with E-state index >= 15 is 0 Å². The molecule has 0 unspecified atom stereocenters. The molecule has 0 aliphatic rings. The fourth-order valence-corrected chi connectivity index (χ4v) is 1.28. The Morgan fingerprint density at radius 2 is 1.86 bits per heavy atom. The van der Waals surface area contributed by atoms with E-state index in [4.69, 9.17) is 5.26 Å². The van der Waals surface area contributed by atoms with E-state index in [1.807, 2.05) is 0 Å². The van der Waals surface area contributed by atoms with Crippen LogP contribution in [0, 0.1) is 17.1 Å². The molecule has 1 nitrogen and oxygen atoms in total. The van der Waals surface area contributed by atoms with Crippen molar-refractivity contribution in [1.29, 1.82) is 5.26 Å². The Bertz CT molecular complexity index is 405. The van der Waals surface area contributed by atoms with Crippen molar-refractivity contribution in [3.05, 3.63) is 33.5 Å². The average Bonchev–Trinajstić information content (AvgIpc) is 2.06. The van der Waals surface area contributed by atoms with E-state index in [0.717, 1.165) is 0 Å². The maximum Gasteiger partial charge on any atom is 0.419 e. The number of hydrogen-bond acceptors (Lipinski definition) is 1. The largest absolute Gasteiger partial charge is 0.419 e. The molecule has 0 spiro atoms. The minimum atomic E-state index is -4.75. The molecule has 0 saturated carbocycles. The van der Waals surface area contributed by atoms with Crippen molar-refractivity contribution in [2.45, 2.75) is 6.18 Å². The zero-order valence-electron chi connectivity index (χ0n) is 6.49. The minimum Gasteiger partial charge on any atom is -0.206 e. The van der Waals surface area contributed by atoms with Crippen LogP contribution in [0.15, 0.2) is 16.6 Å². The van der Waals surface area contributed by atoms with Crippen LogP contribution in [0.3, 0.4) is 0 Å². The standard InChI is InChI=1S/C8H2BrF4N/c9-6-2-5(8(11,12)13)7(10)1-4(6)3-14/h1-2H. The summed E-state index contributed by atoms with van der Waals surface area (Å²) in [6, 6.07) is 2.66. The van der Waals surface area contributed by atoms with Crippen LogP contribution < -0.4 is 0 Å². The van der Waals surface area contributed by atoms with Gasteiger partial charge in [0.1, 0.15) is 11.9 Å². The Kier molecular flexibility index (Phi) is 2.81. The summed E-state index contributed by atoms with van der Waals surface area (Å²) in [7, 11) is 0. The molecule has 6 heteroatoms. The molecule has 0 amide bonds. The number of halogens is 5. The maximum atomic E-state index is 12.8. The van der Waals surface area contributed by atoms with Crippen LogP contribution in [0.2, 0.25) is 0 Å². The SMILES string of the molecule is N#Cc1cc(F)c(C(F)(F)F)cc1Br. The first kappa shape index (κ1) is 11.0. The Balaban J connectivity index is 3.38. The summed E-state index contributed by atoms with van der Waals surface area (Å²) in [6.07, 6.45) is -4.75. The molecule has 1 rings (SSSR count). The van der Waals surface area contributed by atoms with Crippen molar-refractivity contribution in [3.63, 3.8) is 0 Å². The lowest BCUT2D eigenvalue weighted by Crippen LogP contribution is -2.08. The van der Waals surface area contributed by atoms with Crippen LogP contribution in [0.25, 0.3) is 0 Å². The van der Waals surface area contributed by atoms with Crippen molar-refractivity contribution in [3.8, 4) is 6.07 Å². The third kappa shape index (κ3) is 2.04. The van der Waals surface area contributed by atoms with E-state index in [1.54, 1.807) is 6.07 Å². The summed E-state index contributed by atoms with van der Waals surface area (Å²) in [6.45, 7) is 0. The molecular weight excluding hydrogens is 266 g/mol. The molecule has 0 bridgehead atoms. The van der Waals surface area contributed by atoms with Gasteiger partial charge in [-0.3, -0.25) is 0 Å². The predicted octanol–water partition coefficient (Wildman–Crippen LogP) is 3.48. The van der Waals surface area contributed by atoms with Crippen LogP contribution in [0.4, 0.5) is 17.6 Å². The normalized spacial score (nSPS) is 11.1. The summed E-state index contributed by atoms with van der Waals surface area (Å²) < 4.78 is 49.1. The van der Waals surface area contributed by atoms with Gasteiger partial charge >= 0.3 is 6.18 Å². The summed E-state index contributed by atoms with van der Waals surface area (Å²) in [4.78, 5) is 0. The maximum absolute atomic E-state index is 12.8. The molecule has 0 N–H and O–H groups in total. The molecule has 14 heavy (non-hydrogen) atoms. The molecule has 0 aliphatic heterocycles. The second-order valence-corrected chi connectivity index (χ2v) is 3.28. The summed E-state index contributed by atoms with van der Waals surface area (Å²) in [5, 5.41) is 8.41. The molecule has 0 aromatic heterocycles. The van der Waals surface area contributed by atoms with Gasteiger partial charge in [0.2, 0.25) is 0 Å². The van der Waals surface area contributed by atoms with Crippen LogP contribution in [0.5, 0.6) is 0 Å². The first-order valence-electron chi connectivity index (χ1n) is 3.32. The number of rotatable bonds is 0. The lowest BCUT2D eigenvalue weighted by Gasteiger charge is -2.08. The molecule has 0 fully saturated rings. The smallest absolute Gasteiger partial charge is 0.206 e. The molecule has 0 radical (unpaired) electrons. The fourth-order valence-electron chi connectivity index (χ4n) is 0.850. The van der Waals surface area contributed by atoms with Crippen LogP contribution in [0.1, 0.15) is 11.1 Å². The first-order chi connectivity index (χ1) is 6.36. The second-order valence-electron chi connectivity index (χ2n) is 2.42. The van der Waals surface area contributed by atoms with Gasteiger partial charge in [0.25, 0.3) is 0 Å². The van der Waals surface area contributed by atoms with Gasteiger partial charge in [-0.05, 0) is 28.1 Å². The molecule has 1 aromatic carbocycles. The van der Waals surface area contributed by atoms with Crippen molar-refractivity contribution < 1.29 is 17.6 Å². The minimum absolute atomic E-state index is 0.0753.